The number of hydrogen-bond donors (Lipinski definition) is 1. The van der Waals surface area contributed by atoms with E-state index in [1.807, 2.05) is 0 Å². The first kappa shape index (κ1) is 13.9. The number of para-hydroxylation sites is 1. The average Bonchev–Trinajstić information content (AvgIpc) is 2.75. The smallest absolute Gasteiger partial charge is 0.325 e. The van der Waals surface area contributed by atoms with Crippen LogP contribution in [0.2, 0.25) is 0 Å². The minimum Gasteiger partial charge on any atom is -0.480 e. The summed E-state index contributed by atoms with van der Waals surface area (Å²) in [4.78, 5) is 21.6. The van der Waals surface area contributed by atoms with E-state index < -0.39 is 17.4 Å². The predicted molar refractivity (Wildman–Crippen MR) is 67.4 cm³/mol. The lowest BCUT2D eigenvalue weighted by Crippen LogP contribution is -2.11. The third kappa shape index (κ3) is 2.91. The fourth-order valence-corrected chi connectivity index (χ4v) is 2.50. The van der Waals surface area contributed by atoms with Crippen LogP contribution >= 0.6 is 11.8 Å². The molecule has 0 aliphatic rings. The lowest BCUT2D eigenvalue weighted by Gasteiger charge is -2.04. The maximum absolute atomic E-state index is 11.1. The van der Waals surface area contributed by atoms with E-state index in [-0.39, 0.29) is 10.8 Å². The van der Waals surface area contributed by atoms with Crippen LogP contribution in [0, 0.1) is 17.0 Å². The first-order valence-corrected chi connectivity index (χ1v) is 6.20. The van der Waals surface area contributed by atoms with Gasteiger partial charge in [-0.2, -0.15) is 0 Å². The van der Waals surface area contributed by atoms with E-state index in [0.29, 0.717) is 10.5 Å². The molecule has 0 saturated heterocycles. The molecule has 9 nitrogen and oxygen atoms in total. The molecular weight excluding hydrogens is 286 g/mol. The van der Waals surface area contributed by atoms with Crippen molar-refractivity contribution in [3.63, 3.8) is 0 Å². The Labute approximate surface area is 116 Å². The van der Waals surface area contributed by atoms with Gasteiger partial charge in [0, 0.05) is 5.56 Å². The molecule has 104 valence electrons. The molecule has 0 saturated carbocycles. The van der Waals surface area contributed by atoms with Crippen LogP contribution in [0.15, 0.2) is 28.3 Å². The molecule has 0 atom stereocenters. The van der Waals surface area contributed by atoms with Gasteiger partial charge in [-0.1, -0.05) is 12.1 Å². The number of aromatic nitrogens is 4. The first-order valence-electron chi connectivity index (χ1n) is 5.39. The largest absolute Gasteiger partial charge is 0.480 e. The van der Waals surface area contributed by atoms with Crippen LogP contribution in [0.4, 0.5) is 5.69 Å². The van der Waals surface area contributed by atoms with Crippen LogP contribution in [-0.4, -0.2) is 36.2 Å². The second-order valence-corrected chi connectivity index (χ2v) is 4.80. The number of tetrazole rings is 1. The number of carboxylic acids is 1. The summed E-state index contributed by atoms with van der Waals surface area (Å²) in [5, 5.41) is 30.6. The van der Waals surface area contributed by atoms with Gasteiger partial charge in [-0.15, -0.1) is 5.10 Å². The van der Waals surface area contributed by atoms with Gasteiger partial charge in [0.05, 0.1) is 9.82 Å². The molecule has 0 bridgehead atoms. The van der Waals surface area contributed by atoms with Crippen molar-refractivity contribution >= 4 is 23.4 Å². The Morgan fingerprint density at radius 2 is 2.30 bits per heavy atom. The summed E-state index contributed by atoms with van der Waals surface area (Å²) in [6.45, 7) is 1.22. The molecule has 0 spiro atoms. The maximum atomic E-state index is 11.1. The number of rotatable bonds is 5. The van der Waals surface area contributed by atoms with Crippen molar-refractivity contribution in [3.8, 4) is 0 Å². The van der Waals surface area contributed by atoms with Crippen LogP contribution in [0.1, 0.15) is 5.56 Å². The monoisotopic (exact) mass is 295 g/mol. The zero-order chi connectivity index (χ0) is 14.7. The molecule has 2 rings (SSSR count). The molecular formula is C10H9N5O4S. The highest BCUT2D eigenvalue weighted by molar-refractivity contribution is 7.99. The van der Waals surface area contributed by atoms with Gasteiger partial charge in [0.2, 0.25) is 5.16 Å². The van der Waals surface area contributed by atoms with Crippen LogP contribution in [-0.2, 0) is 11.3 Å². The van der Waals surface area contributed by atoms with Crippen molar-refractivity contribution in [2.75, 3.05) is 0 Å². The van der Waals surface area contributed by atoms with Gasteiger partial charge in [0.1, 0.15) is 6.54 Å². The summed E-state index contributed by atoms with van der Waals surface area (Å²) in [6.07, 6.45) is 0. The van der Waals surface area contributed by atoms with Crippen molar-refractivity contribution in [2.24, 2.45) is 0 Å². The number of carboxylic acid groups (broad SMARTS) is 1. The summed E-state index contributed by atoms with van der Waals surface area (Å²) >= 11 is 0.954. The molecule has 0 aliphatic carbocycles. The van der Waals surface area contributed by atoms with Gasteiger partial charge < -0.3 is 5.11 Å². The Hall–Kier alpha value is -2.49. The number of nitro groups is 1. The molecule has 10 heteroatoms. The van der Waals surface area contributed by atoms with E-state index >= 15 is 0 Å². The fraction of sp³-hybridized carbons (Fsp3) is 0.200. The molecule has 0 radical (unpaired) electrons. The molecule has 1 aromatic carbocycles. The zero-order valence-electron chi connectivity index (χ0n) is 10.3. The topological polar surface area (TPSA) is 124 Å². The van der Waals surface area contributed by atoms with E-state index in [1.54, 1.807) is 25.1 Å². The third-order valence-corrected chi connectivity index (χ3v) is 3.39. The van der Waals surface area contributed by atoms with Crippen molar-refractivity contribution in [3.05, 3.63) is 33.9 Å². The fourth-order valence-electron chi connectivity index (χ4n) is 1.54. The van der Waals surface area contributed by atoms with Crippen molar-refractivity contribution in [1.82, 2.24) is 20.2 Å². The molecule has 1 aromatic heterocycles. The number of nitro benzene ring substituents is 1. The Morgan fingerprint density at radius 3 is 2.95 bits per heavy atom. The minimum absolute atomic E-state index is 0.0395. The number of aliphatic carboxylic acids is 1. The Balaban J connectivity index is 2.36. The summed E-state index contributed by atoms with van der Waals surface area (Å²) in [5.74, 6) is -1.10. The molecule has 20 heavy (non-hydrogen) atoms. The highest BCUT2D eigenvalue weighted by atomic mass is 32.2. The molecule has 1 heterocycles. The standard InChI is InChI=1S/C10H9N5O4S/c1-6-3-2-4-7(9(6)15(18)19)20-10-11-12-13-14(10)5-8(16)17/h2-4H,5H2,1H3,(H,16,17). The quantitative estimate of drug-likeness (QED) is 0.642. The highest BCUT2D eigenvalue weighted by Crippen LogP contribution is 2.35. The third-order valence-electron chi connectivity index (χ3n) is 2.37. The summed E-state index contributed by atoms with van der Waals surface area (Å²) in [5.41, 5.74) is 0.472. The van der Waals surface area contributed by atoms with E-state index in [9.17, 15) is 14.9 Å². The lowest BCUT2D eigenvalue weighted by atomic mass is 10.2. The van der Waals surface area contributed by atoms with Crippen molar-refractivity contribution in [1.29, 1.82) is 0 Å². The van der Waals surface area contributed by atoms with E-state index in [0.717, 1.165) is 16.4 Å². The number of nitrogens with zero attached hydrogens (tertiary/aromatic N) is 5. The average molecular weight is 295 g/mol. The van der Waals surface area contributed by atoms with Gasteiger partial charge in [0.15, 0.2) is 0 Å². The Morgan fingerprint density at radius 1 is 1.55 bits per heavy atom. The summed E-state index contributed by atoms with van der Waals surface area (Å²) in [6, 6.07) is 4.87. The molecule has 0 fully saturated rings. The van der Waals surface area contributed by atoms with Crippen LogP contribution < -0.4 is 0 Å². The van der Waals surface area contributed by atoms with Gasteiger partial charge in [0.25, 0.3) is 5.69 Å². The lowest BCUT2D eigenvalue weighted by molar-refractivity contribution is -0.388. The minimum atomic E-state index is -1.10. The molecule has 2 aromatic rings. The summed E-state index contributed by atoms with van der Waals surface area (Å²) in [7, 11) is 0. The van der Waals surface area contributed by atoms with Crippen LogP contribution in [0.5, 0.6) is 0 Å². The normalized spacial score (nSPS) is 10.4. The number of aryl methyl sites for hydroxylation is 1. The Bertz CT molecular complexity index is 671. The summed E-state index contributed by atoms with van der Waals surface area (Å²) < 4.78 is 1.07. The van der Waals surface area contributed by atoms with Crippen LogP contribution in [0.25, 0.3) is 0 Å². The zero-order valence-corrected chi connectivity index (χ0v) is 11.1. The van der Waals surface area contributed by atoms with Gasteiger partial charge in [-0.05, 0) is 35.2 Å². The van der Waals surface area contributed by atoms with Gasteiger partial charge in [-0.25, -0.2) is 4.68 Å². The first-order chi connectivity index (χ1) is 9.49. The highest BCUT2D eigenvalue weighted by Gasteiger charge is 2.20. The second kappa shape index (κ2) is 5.65. The predicted octanol–water partition coefficient (Wildman–Crippen LogP) is 1.13. The van der Waals surface area contributed by atoms with Crippen molar-refractivity contribution < 1.29 is 14.8 Å². The number of hydrogen-bond acceptors (Lipinski definition) is 7. The Kier molecular flexibility index (Phi) is 3.94. The molecule has 0 unspecified atom stereocenters. The molecule has 0 aliphatic heterocycles. The van der Waals surface area contributed by atoms with Gasteiger partial charge >= 0.3 is 5.97 Å². The molecule has 1 N–H and O–H groups in total. The maximum Gasteiger partial charge on any atom is 0.325 e. The van der Waals surface area contributed by atoms with Crippen molar-refractivity contribution in [2.45, 2.75) is 23.5 Å². The SMILES string of the molecule is Cc1cccc(Sc2nnnn2CC(=O)O)c1[N+](=O)[O-]. The van der Waals surface area contributed by atoms with Gasteiger partial charge in [-0.3, -0.25) is 14.9 Å². The molecule has 0 amide bonds. The number of carbonyl (C=O) groups is 1. The van der Waals surface area contributed by atoms with Crippen LogP contribution in [0.3, 0.4) is 0 Å². The van der Waals surface area contributed by atoms with E-state index in [2.05, 4.69) is 15.5 Å². The number of benzene rings is 1. The van der Waals surface area contributed by atoms with E-state index in [4.69, 9.17) is 5.11 Å². The second-order valence-electron chi connectivity index (χ2n) is 3.79. The van der Waals surface area contributed by atoms with E-state index in [1.165, 1.54) is 0 Å².